The monoisotopic (exact) mass is 301 g/mol. The van der Waals surface area contributed by atoms with Gasteiger partial charge in [0.15, 0.2) is 0 Å². The maximum Gasteiger partial charge on any atom is 0.125 e. The van der Waals surface area contributed by atoms with Crippen LogP contribution in [0.15, 0.2) is 42.6 Å². The first-order valence-electron chi connectivity index (χ1n) is 6.82. The smallest absolute Gasteiger partial charge is 0.125 e. The van der Waals surface area contributed by atoms with Crippen LogP contribution in [-0.2, 0) is 13.0 Å². The van der Waals surface area contributed by atoms with Gasteiger partial charge in [0.05, 0.1) is 17.1 Å². The summed E-state index contributed by atoms with van der Waals surface area (Å²) in [7, 11) is 0. The van der Waals surface area contributed by atoms with Gasteiger partial charge in [0.1, 0.15) is 11.5 Å². The third kappa shape index (κ3) is 2.97. The molecular formula is C16H16FN3S. The lowest BCUT2D eigenvalue weighted by Gasteiger charge is -2.01. The molecular weight excluding hydrogens is 285 g/mol. The molecule has 3 nitrogen and oxygen atoms in total. The van der Waals surface area contributed by atoms with Crippen molar-refractivity contribution in [3.63, 3.8) is 0 Å². The largest absolute Gasteiger partial charge is 0.396 e. The number of rotatable bonds is 4. The molecule has 1 aromatic carbocycles. The Labute approximate surface area is 126 Å². The fourth-order valence-electron chi connectivity index (χ4n) is 2.18. The lowest BCUT2D eigenvalue weighted by Crippen LogP contribution is -2.00. The first kappa shape index (κ1) is 13.8. The number of hydrogen-bond donors (Lipinski definition) is 1. The molecule has 0 fully saturated rings. The van der Waals surface area contributed by atoms with Crippen LogP contribution < -0.4 is 5.73 Å². The normalized spacial score (nSPS) is 11.0. The Morgan fingerprint density at radius 1 is 1.19 bits per heavy atom. The fraction of sp³-hybridized carbons (Fsp3) is 0.188. The van der Waals surface area contributed by atoms with E-state index in [-0.39, 0.29) is 5.82 Å². The highest BCUT2D eigenvalue weighted by Crippen LogP contribution is 2.31. The molecule has 0 bridgehead atoms. The van der Waals surface area contributed by atoms with Crippen molar-refractivity contribution in [1.82, 2.24) is 9.78 Å². The van der Waals surface area contributed by atoms with Gasteiger partial charge in [0.25, 0.3) is 0 Å². The van der Waals surface area contributed by atoms with Crippen molar-refractivity contribution in [3.05, 3.63) is 58.9 Å². The van der Waals surface area contributed by atoms with E-state index in [0.717, 1.165) is 22.6 Å². The quantitative estimate of drug-likeness (QED) is 0.793. The molecule has 0 radical (unpaired) electrons. The van der Waals surface area contributed by atoms with E-state index in [0.29, 0.717) is 12.2 Å². The first-order chi connectivity index (χ1) is 10.2. The number of thiophene rings is 1. The van der Waals surface area contributed by atoms with Crippen molar-refractivity contribution >= 4 is 17.0 Å². The zero-order chi connectivity index (χ0) is 14.8. The van der Waals surface area contributed by atoms with Crippen LogP contribution in [0, 0.1) is 5.82 Å². The lowest BCUT2D eigenvalue weighted by atomic mass is 10.2. The van der Waals surface area contributed by atoms with Crippen LogP contribution >= 0.6 is 11.3 Å². The Morgan fingerprint density at radius 2 is 1.95 bits per heavy atom. The second kappa shape index (κ2) is 5.69. The van der Waals surface area contributed by atoms with Crippen molar-refractivity contribution < 1.29 is 4.39 Å². The van der Waals surface area contributed by atoms with Gasteiger partial charge in [-0.05, 0) is 36.2 Å². The zero-order valence-electron chi connectivity index (χ0n) is 11.7. The standard InChI is InChI=1S/C16H16FN3S/c1-2-13-7-8-15(21-13)16-14(18)10-20(19-16)9-11-3-5-12(17)6-4-11/h3-8,10H,2,9,18H2,1H3. The van der Waals surface area contributed by atoms with Crippen LogP contribution in [0.25, 0.3) is 10.6 Å². The molecule has 0 saturated heterocycles. The second-order valence-electron chi connectivity index (χ2n) is 4.88. The Morgan fingerprint density at radius 3 is 2.62 bits per heavy atom. The molecule has 2 heterocycles. The molecule has 21 heavy (non-hydrogen) atoms. The van der Waals surface area contributed by atoms with Crippen molar-refractivity contribution in [1.29, 1.82) is 0 Å². The first-order valence-corrected chi connectivity index (χ1v) is 7.64. The summed E-state index contributed by atoms with van der Waals surface area (Å²) in [6.45, 7) is 2.71. The van der Waals surface area contributed by atoms with Gasteiger partial charge in [-0.3, -0.25) is 4.68 Å². The van der Waals surface area contributed by atoms with Crippen LogP contribution in [0.1, 0.15) is 17.4 Å². The minimum Gasteiger partial charge on any atom is -0.396 e. The number of aryl methyl sites for hydroxylation is 1. The third-order valence-electron chi connectivity index (χ3n) is 3.29. The van der Waals surface area contributed by atoms with Gasteiger partial charge in [-0.1, -0.05) is 19.1 Å². The summed E-state index contributed by atoms with van der Waals surface area (Å²) in [5.74, 6) is -0.231. The predicted molar refractivity (Wildman–Crippen MR) is 84.8 cm³/mol. The summed E-state index contributed by atoms with van der Waals surface area (Å²) in [4.78, 5) is 2.40. The van der Waals surface area contributed by atoms with E-state index in [4.69, 9.17) is 5.73 Å². The molecule has 2 N–H and O–H groups in total. The highest BCUT2D eigenvalue weighted by atomic mass is 32.1. The number of nitrogens with zero attached hydrogens (tertiary/aromatic N) is 2. The Bertz CT molecular complexity index is 743. The summed E-state index contributed by atoms with van der Waals surface area (Å²) in [5, 5.41) is 4.55. The van der Waals surface area contributed by atoms with Crippen LogP contribution in [-0.4, -0.2) is 9.78 Å². The van der Waals surface area contributed by atoms with E-state index < -0.39 is 0 Å². The van der Waals surface area contributed by atoms with Crippen molar-refractivity contribution in [2.24, 2.45) is 0 Å². The van der Waals surface area contributed by atoms with Gasteiger partial charge in [0.2, 0.25) is 0 Å². The second-order valence-corrected chi connectivity index (χ2v) is 6.04. The van der Waals surface area contributed by atoms with Gasteiger partial charge >= 0.3 is 0 Å². The van der Waals surface area contributed by atoms with E-state index in [1.54, 1.807) is 28.2 Å². The minimum absolute atomic E-state index is 0.231. The van der Waals surface area contributed by atoms with Crippen LogP contribution in [0.3, 0.4) is 0 Å². The highest BCUT2D eigenvalue weighted by Gasteiger charge is 2.11. The van der Waals surface area contributed by atoms with E-state index in [9.17, 15) is 4.39 Å². The molecule has 0 amide bonds. The summed E-state index contributed by atoms with van der Waals surface area (Å²) in [5.41, 5.74) is 8.55. The number of halogens is 1. The Hall–Kier alpha value is -2.14. The molecule has 5 heteroatoms. The molecule has 0 saturated carbocycles. The summed E-state index contributed by atoms with van der Waals surface area (Å²) in [6.07, 6.45) is 2.84. The lowest BCUT2D eigenvalue weighted by molar-refractivity contribution is 0.624. The molecule has 3 rings (SSSR count). The van der Waals surface area contributed by atoms with Crippen molar-refractivity contribution in [3.8, 4) is 10.6 Å². The molecule has 0 atom stereocenters. The fourth-order valence-corrected chi connectivity index (χ4v) is 3.14. The molecule has 0 aliphatic rings. The van der Waals surface area contributed by atoms with Crippen LogP contribution in [0.4, 0.5) is 10.1 Å². The molecule has 2 aromatic heterocycles. The SMILES string of the molecule is CCc1ccc(-c2nn(Cc3ccc(F)cc3)cc2N)s1. The van der Waals surface area contributed by atoms with Gasteiger partial charge in [-0.15, -0.1) is 11.3 Å². The average Bonchev–Trinajstić information content (AvgIpc) is 3.08. The third-order valence-corrected chi connectivity index (χ3v) is 4.53. The van der Waals surface area contributed by atoms with Crippen LogP contribution in [0.5, 0.6) is 0 Å². The number of nitrogens with two attached hydrogens (primary N) is 1. The average molecular weight is 301 g/mol. The molecule has 0 spiro atoms. The van der Waals surface area contributed by atoms with Gasteiger partial charge in [-0.25, -0.2) is 4.39 Å². The zero-order valence-corrected chi connectivity index (χ0v) is 12.5. The molecule has 3 aromatic rings. The van der Waals surface area contributed by atoms with Crippen LogP contribution in [0.2, 0.25) is 0 Å². The van der Waals surface area contributed by atoms with E-state index in [1.165, 1.54) is 17.0 Å². The topological polar surface area (TPSA) is 43.8 Å². The van der Waals surface area contributed by atoms with Gasteiger partial charge in [-0.2, -0.15) is 5.10 Å². The Kier molecular flexibility index (Phi) is 3.75. The van der Waals surface area contributed by atoms with Crippen molar-refractivity contribution in [2.45, 2.75) is 19.9 Å². The number of aromatic nitrogens is 2. The number of nitrogen functional groups attached to an aromatic ring is 1. The van der Waals surface area contributed by atoms with Gasteiger partial charge < -0.3 is 5.73 Å². The highest BCUT2D eigenvalue weighted by molar-refractivity contribution is 7.15. The molecule has 0 aliphatic carbocycles. The summed E-state index contributed by atoms with van der Waals surface area (Å²) >= 11 is 1.72. The minimum atomic E-state index is -0.231. The number of hydrogen-bond acceptors (Lipinski definition) is 3. The Balaban J connectivity index is 1.85. The number of anilines is 1. The van der Waals surface area contributed by atoms with E-state index >= 15 is 0 Å². The van der Waals surface area contributed by atoms with E-state index in [1.807, 2.05) is 6.20 Å². The molecule has 0 unspecified atom stereocenters. The van der Waals surface area contributed by atoms with Gasteiger partial charge in [0, 0.05) is 11.1 Å². The summed E-state index contributed by atoms with van der Waals surface area (Å²) < 4.78 is 14.7. The number of benzene rings is 1. The molecule has 0 aliphatic heterocycles. The maximum absolute atomic E-state index is 12.9. The van der Waals surface area contributed by atoms with E-state index in [2.05, 4.69) is 24.2 Å². The molecule has 108 valence electrons. The van der Waals surface area contributed by atoms with Crippen molar-refractivity contribution in [2.75, 3.05) is 5.73 Å². The summed E-state index contributed by atoms with van der Waals surface area (Å²) in [6, 6.07) is 10.6. The maximum atomic E-state index is 12.9. The predicted octanol–water partition coefficient (Wildman–Crippen LogP) is 3.94.